The fraction of sp³-hybridized carbons (Fsp3) is 0.250. The molecule has 0 aromatic heterocycles. The summed E-state index contributed by atoms with van der Waals surface area (Å²) in [5.41, 5.74) is 2.86. The van der Waals surface area contributed by atoms with E-state index in [0.717, 1.165) is 0 Å². The second-order valence-electron chi connectivity index (χ2n) is 2.24. The first-order valence-electron chi connectivity index (χ1n) is 3.17. The first-order chi connectivity index (χ1) is 4.33. The summed E-state index contributed by atoms with van der Waals surface area (Å²) < 4.78 is 0. The Balaban J connectivity index is 0.000000810. The quantitative estimate of drug-likeness (QED) is 0.673. The van der Waals surface area contributed by atoms with Crippen molar-refractivity contribution < 1.29 is 18.3 Å². The van der Waals surface area contributed by atoms with Crippen LogP contribution >= 0.6 is 17.0 Å². The molecule has 0 N–H and O–H groups in total. The molecule has 0 fully saturated rings. The summed E-state index contributed by atoms with van der Waals surface area (Å²) in [5, 5.41) is 1.27. The van der Waals surface area contributed by atoms with Crippen molar-refractivity contribution in [3.63, 3.8) is 0 Å². The second kappa shape index (κ2) is 5.04. The molecule has 0 aliphatic heterocycles. The number of hydrogen-bond donors (Lipinski definition) is 0. The van der Waals surface area contributed by atoms with Gasteiger partial charge in [0.25, 0.3) is 0 Å². The molecule has 2 heteroatoms. The molecule has 1 rings (SSSR count). The summed E-state index contributed by atoms with van der Waals surface area (Å²) in [7, 11) is 0. The van der Waals surface area contributed by atoms with Crippen molar-refractivity contribution in [3.05, 3.63) is 35.4 Å². The molecular weight excluding hydrogens is 241 g/mol. The van der Waals surface area contributed by atoms with Crippen LogP contribution in [0.3, 0.4) is 0 Å². The third kappa shape index (κ3) is 2.94. The molecule has 0 aliphatic rings. The van der Waals surface area contributed by atoms with E-state index < -0.39 is 0 Å². The van der Waals surface area contributed by atoms with Gasteiger partial charge < -0.3 is 0 Å². The number of halogens is 1. The third-order valence-corrected chi connectivity index (χ3v) is 2.58. The predicted molar refractivity (Wildman–Crippen MR) is 45.2 cm³/mol. The fourth-order valence-electron chi connectivity index (χ4n) is 0.868. The molecule has 0 radical (unpaired) electrons. The van der Waals surface area contributed by atoms with Crippen LogP contribution in [-0.2, 0) is 23.3 Å². The Morgan fingerprint density at radius 1 is 1.40 bits per heavy atom. The molecule has 0 saturated heterocycles. The molecule has 0 saturated carbocycles. The van der Waals surface area contributed by atoms with Gasteiger partial charge >= 0.3 is 65.6 Å². The molecule has 10 heavy (non-hydrogen) atoms. The van der Waals surface area contributed by atoms with Gasteiger partial charge in [-0.25, -0.2) is 0 Å². The average Bonchev–Trinajstić information content (AvgIpc) is 1.88. The van der Waals surface area contributed by atoms with Gasteiger partial charge in [-0.1, -0.05) is 0 Å². The summed E-state index contributed by atoms with van der Waals surface area (Å²) in [6, 6.07) is 8.71. The van der Waals surface area contributed by atoms with Crippen molar-refractivity contribution in [1.82, 2.24) is 0 Å². The Morgan fingerprint density at radius 2 is 2.10 bits per heavy atom. The Bertz CT molecular complexity index is 198. The van der Waals surface area contributed by atoms with Crippen LogP contribution in [0.15, 0.2) is 24.3 Å². The zero-order chi connectivity index (χ0) is 6.69. The number of rotatable bonds is 1. The average molecular weight is 251 g/mol. The van der Waals surface area contributed by atoms with Gasteiger partial charge in [-0.05, 0) is 0 Å². The van der Waals surface area contributed by atoms with Crippen LogP contribution in [0.4, 0.5) is 0 Å². The third-order valence-electron chi connectivity index (χ3n) is 1.37. The maximum absolute atomic E-state index is 2.25. The normalized spacial score (nSPS) is 8.70. The molecule has 0 spiro atoms. The van der Waals surface area contributed by atoms with E-state index in [1.165, 1.54) is 34.4 Å². The molecule has 0 unspecified atom stereocenters. The summed E-state index contributed by atoms with van der Waals surface area (Å²) in [6.45, 7) is 2.14. The standard InChI is InChI=1S/C8H9.BrH.Zn/c1-7-4-3-5-8(2)6-7;;/h3-6H,1H2,2H3;1H;. The minimum atomic E-state index is 0. The minimum absolute atomic E-state index is 0. The van der Waals surface area contributed by atoms with Crippen molar-refractivity contribution in [2.45, 2.75) is 11.9 Å². The van der Waals surface area contributed by atoms with Gasteiger partial charge in [-0.15, -0.1) is 17.0 Å². The van der Waals surface area contributed by atoms with Gasteiger partial charge in [0.2, 0.25) is 0 Å². The topological polar surface area (TPSA) is 0 Å². The van der Waals surface area contributed by atoms with Crippen molar-refractivity contribution in [2.24, 2.45) is 0 Å². The Hall–Kier alpha value is 0.323. The second-order valence-corrected chi connectivity index (χ2v) is 3.29. The van der Waals surface area contributed by atoms with E-state index in [1.807, 2.05) is 0 Å². The molecule has 0 nitrogen and oxygen atoms in total. The van der Waals surface area contributed by atoms with Crippen LogP contribution in [0.1, 0.15) is 11.1 Å². The number of hydrogen-bond acceptors (Lipinski definition) is 0. The van der Waals surface area contributed by atoms with E-state index in [-0.39, 0.29) is 17.0 Å². The fourth-order valence-corrected chi connectivity index (χ4v) is 1.52. The van der Waals surface area contributed by atoms with Gasteiger partial charge in [0.15, 0.2) is 0 Å². The zero-order valence-electron chi connectivity index (χ0n) is 6.13. The van der Waals surface area contributed by atoms with E-state index in [1.54, 1.807) is 0 Å². The molecular formula is C8H10BrZn. The summed E-state index contributed by atoms with van der Waals surface area (Å²) >= 11 is 1.36. The first-order valence-corrected chi connectivity index (χ1v) is 5.27. The Kier molecular flexibility index (Phi) is 5.20. The predicted octanol–water partition coefficient (Wildman–Crippen LogP) is 2.62. The van der Waals surface area contributed by atoms with Crippen LogP contribution in [0.2, 0.25) is 0 Å². The first kappa shape index (κ1) is 10.3. The van der Waals surface area contributed by atoms with Gasteiger partial charge in [0, 0.05) is 0 Å². The Morgan fingerprint density at radius 3 is 2.50 bits per heavy atom. The van der Waals surface area contributed by atoms with Crippen molar-refractivity contribution in [2.75, 3.05) is 0 Å². The van der Waals surface area contributed by atoms with E-state index in [4.69, 9.17) is 0 Å². The van der Waals surface area contributed by atoms with E-state index >= 15 is 0 Å². The summed E-state index contributed by atoms with van der Waals surface area (Å²) in [6.07, 6.45) is 0. The van der Waals surface area contributed by atoms with Gasteiger partial charge in [-0.2, -0.15) is 0 Å². The monoisotopic (exact) mass is 249 g/mol. The summed E-state index contributed by atoms with van der Waals surface area (Å²) in [4.78, 5) is 0. The molecule has 1 aromatic rings. The van der Waals surface area contributed by atoms with Crippen LogP contribution in [0.5, 0.6) is 0 Å². The van der Waals surface area contributed by atoms with Gasteiger partial charge in [-0.3, -0.25) is 0 Å². The van der Waals surface area contributed by atoms with Gasteiger partial charge in [0.1, 0.15) is 0 Å². The van der Waals surface area contributed by atoms with Crippen LogP contribution < -0.4 is 0 Å². The molecule has 0 bridgehead atoms. The van der Waals surface area contributed by atoms with E-state index in [0.29, 0.717) is 0 Å². The van der Waals surface area contributed by atoms with Crippen LogP contribution in [0.25, 0.3) is 0 Å². The van der Waals surface area contributed by atoms with Crippen molar-refractivity contribution in [3.8, 4) is 0 Å². The van der Waals surface area contributed by atoms with Gasteiger partial charge in [0.05, 0.1) is 0 Å². The van der Waals surface area contributed by atoms with Crippen LogP contribution in [-0.4, -0.2) is 0 Å². The number of aryl methyl sites for hydroxylation is 1. The molecule has 0 amide bonds. The molecule has 0 aliphatic carbocycles. The van der Waals surface area contributed by atoms with Crippen LogP contribution in [0, 0.1) is 6.92 Å². The maximum atomic E-state index is 2.25. The summed E-state index contributed by atoms with van der Waals surface area (Å²) in [5.74, 6) is 0. The SMILES string of the molecule is Br.Cc1cccc([CH2][Zn])c1. The zero-order valence-corrected chi connectivity index (χ0v) is 10.8. The van der Waals surface area contributed by atoms with Crippen molar-refractivity contribution in [1.29, 1.82) is 0 Å². The van der Waals surface area contributed by atoms with E-state index in [2.05, 4.69) is 31.2 Å². The molecule has 1 aromatic carbocycles. The molecule has 0 atom stereocenters. The number of benzene rings is 1. The van der Waals surface area contributed by atoms with Crippen molar-refractivity contribution >= 4 is 17.0 Å². The Labute approximate surface area is 82.5 Å². The molecule has 0 heterocycles. The van der Waals surface area contributed by atoms with E-state index in [9.17, 15) is 0 Å². The molecule has 51 valence electrons.